The molecule has 2 rings (SSSR count). The Morgan fingerprint density at radius 2 is 1.89 bits per heavy atom. The van der Waals surface area contributed by atoms with E-state index in [4.69, 9.17) is 9.81 Å². The van der Waals surface area contributed by atoms with Gasteiger partial charge in [-0.2, -0.15) is 13.7 Å². The molecule has 0 saturated heterocycles. The summed E-state index contributed by atoms with van der Waals surface area (Å²) in [4.78, 5) is 11.8. The van der Waals surface area contributed by atoms with Gasteiger partial charge in [0.2, 0.25) is 0 Å². The Morgan fingerprint density at radius 1 is 1.19 bits per heavy atom. The molecule has 27 heavy (non-hydrogen) atoms. The largest absolute Gasteiger partial charge is 0.508 e. The van der Waals surface area contributed by atoms with Crippen molar-refractivity contribution in [3.8, 4) is 11.8 Å². The van der Waals surface area contributed by atoms with E-state index in [1.54, 1.807) is 30.3 Å². The summed E-state index contributed by atoms with van der Waals surface area (Å²) in [6.45, 7) is 0.460. The molecule has 2 aromatic carbocycles. The van der Waals surface area contributed by atoms with Crippen LogP contribution in [0.2, 0.25) is 0 Å². The lowest BCUT2D eigenvalue weighted by atomic mass is 10.1. The summed E-state index contributed by atoms with van der Waals surface area (Å²) in [5, 5.41) is 23.6. The second kappa shape index (κ2) is 8.84. The molecule has 0 aliphatic rings. The molecule has 2 aromatic rings. The predicted octanol–water partition coefficient (Wildman–Crippen LogP) is 1.82. The fraction of sp³-hybridized carbons (Fsp3) is 0.111. The molecule has 1 amide bonds. The molecular formula is C18H17N3O5S. The number of rotatable bonds is 7. The zero-order valence-corrected chi connectivity index (χ0v) is 14.9. The highest BCUT2D eigenvalue weighted by Gasteiger charge is 2.13. The van der Waals surface area contributed by atoms with Crippen LogP contribution in [0.25, 0.3) is 0 Å². The number of carbonyl (C=O) groups excluding carboxylic acids is 1. The quantitative estimate of drug-likeness (QED) is 0.246. The topological polar surface area (TPSA) is 140 Å². The van der Waals surface area contributed by atoms with Gasteiger partial charge in [0.05, 0.1) is 4.90 Å². The molecule has 8 nitrogen and oxygen atoms in total. The molecule has 0 aromatic heterocycles. The van der Waals surface area contributed by atoms with Crippen molar-refractivity contribution < 1.29 is 22.9 Å². The number of amides is 1. The Kier molecular flexibility index (Phi) is 6.54. The van der Waals surface area contributed by atoms with Gasteiger partial charge in [0.15, 0.2) is 0 Å². The van der Waals surface area contributed by atoms with Gasteiger partial charge >= 0.3 is 0 Å². The molecular weight excluding hydrogens is 370 g/mol. The fourth-order valence-electron chi connectivity index (χ4n) is 2.13. The van der Waals surface area contributed by atoms with Crippen molar-refractivity contribution in [2.75, 3.05) is 11.9 Å². The number of nitriles is 1. The maximum absolute atomic E-state index is 12.1. The predicted molar refractivity (Wildman–Crippen MR) is 98.4 cm³/mol. The standard InChI is InChI=1S/C18H17N3O5S/c19-11-14(12-20-9-8-13-4-6-16(22)7-5-13)18(23)21-15-2-1-3-17(10-15)27(24,25)26/h1-7,10,12,20,22H,8-9H2,(H,21,23)(H,24,25,26)/b14-12-. The molecule has 0 bridgehead atoms. The Morgan fingerprint density at radius 3 is 2.52 bits per heavy atom. The first-order chi connectivity index (χ1) is 12.8. The van der Waals surface area contributed by atoms with Gasteiger partial charge in [-0.3, -0.25) is 9.35 Å². The second-order valence-electron chi connectivity index (χ2n) is 5.50. The first-order valence-corrected chi connectivity index (χ1v) is 9.24. The molecule has 9 heteroatoms. The van der Waals surface area contributed by atoms with Gasteiger partial charge in [0.25, 0.3) is 16.0 Å². The number of aromatic hydroxyl groups is 1. The molecule has 0 spiro atoms. The summed E-state index contributed by atoms with van der Waals surface area (Å²) < 4.78 is 31.3. The van der Waals surface area contributed by atoms with Crippen molar-refractivity contribution in [3.05, 3.63) is 65.9 Å². The number of nitrogens with one attached hydrogen (secondary N) is 2. The SMILES string of the molecule is N#C/C(=C/NCCc1ccc(O)cc1)C(=O)Nc1cccc(S(=O)(=O)O)c1. The van der Waals surface area contributed by atoms with Gasteiger partial charge in [-0.25, -0.2) is 0 Å². The van der Waals surface area contributed by atoms with Gasteiger partial charge < -0.3 is 15.7 Å². The monoisotopic (exact) mass is 387 g/mol. The van der Waals surface area contributed by atoms with E-state index >= 15 is 0 Å². The van der Waals surface area contributed by atoms with E-state index in [1.165, 1.54) is 24.4 Å². The zero-order chi connectivity index (χ0) is 19.9. The average molecular weight is 387 g/mol. The number of phenols is 1. The highest BCUT2D eigenvalue weighted by atomic mass is 32.2. The third-order valence-electron chi connectivity index (χ3n) is 3.50. The lowest BCUT2D eigenvalue weighted by molar-refractivity contribution is -0.112. The minimum Gasteiger partial charge on any atom is -0.508 e. The molecule has 0 atom stereocenters. The third-order valence-corrected chi connectivity index (χ3v) is 4.35. The first kappa shape index (κ1) is 20.0. The van der Waals surface area contributed by atoms with E-state index in [0.717, 1.165) is 11.6 Å². The number of anilines is 1. The van der Waals surface area contributed by atoms with Gasteiger partial charge in [-0.15, -0.1) is 0 Å². The Balaban J connectivity index is 1.96. The number of carbonyl (C=O) groups is 1. The molecule has 0 aliphatic heterocycles. The van der Waals surface area contributed by atoms with Crippen LogP contribution in [0.1, 0.15) is 5.56 Å². The maximum atomic E-state index is 12.1. The molecule has 0 unspecified atom stereocenters. The van der Waals surface area contributed by atoms with Crippen LogP contribution in [0.15, 0.2) is 65.2 Å². The number of hydrogen-bond donors (Lipinski definition) is 4. The minimum absolute atomic E-state index is 0.125. The molecule has 0 saturated carbocycles. The van der Waals surface area contributed by atoms with Crippen molar-refractivity contribution in [3.63, 3.8) is 0 Å². The Labute approximate surface area is 156 Å². The van der Waals surface area contributed by atoms with Crippen LogP contribution in [-0.2, 0) is 21.3 Å². The number of phenolic OH excluding ortho intramolecular Hbond substituents is 1. The summed E-state index contributed by atoms with van der Waals surface area (Å²) in [6.07, 6.45) is 1.88. The van der Waals surface area contributed by atoms with Crippen molar-refractivity contribution >= 4 is 21.7 Å². The number of nitrogens with zero attached hydrogens (tertiary/aromatic N) is 1. The first-order valence-electron chi connectivity index (χ1n) is 7.80. The molecule has 140 valence electrons. The lowest BCUT2D eigenvalue weighted by Gasteiger charge is -2.06. The minimum atomic E-state index is -4.39. The summed E-state index contributed by atoms with van der Waals surface area (Å²) in [6, 6.07) is 13.5. The maximum Gasteiger partial charge on any atom is 0.294 e. The van der Waals surface area contributed by atoms with Crippen LogP contribution >= 0.6 is 0 Å². The average Bonchev–Trinajstić information content (AvgIpc) is 2.62. The highest BCUT2D eigenvalue weighted by Crippen LogP contribution is 2.15. The summed E-state index contributed by atoms with van der Waals surface area (Å²) in [7, 11) is -4.39. The lowest BCUT2D eigenvalue weighted by Crippen LogP contribution is -2.18. The van der Waals surface area contributed by atoms with Crippen molar-refractivity contribution in [2.45, 2.75) is 11.3 Å². The summed E-state index contributed by atoms with van der Waals surface area (Å²) in [5.41, 5.74) is 0.900. The van der Waals surface area contributed by atoms with E-state index in [-0.39, 0.29) is 21.9 Å². The Bertz CT molecular complexity index is 992. The fourth-order valence-corrected chi connectivity index (χ4v) is 2.66. The van der Waals surface area contributed by atoms with Gasteiger partial charge in [-0.05, 0) is 42.3 Å². The van der Waals surface area contributed by atoms with Crippen LogP contribution < -0.4 is 10.6 Å². The van der Waals surface area contributed by atoms with E-state index in [2.05, 4.69) is 10.6 Å². The summed E-state index contributed by atoms with van der Waals surface area (Å²) >= 11 is 0. The second-order valence-corrected chi connectivity index (χ2v) is 6.92. The van der Waals surface area contributed by atoms with Crippen LogP contribution in [0, 0.1) is 11.3 Å². The van der Waals surface area contributed by atoms with E-state index < -0.39 is 16.0 Å². The smallest absolute Gasteiger partial charge is 0.294 e. The highest BCUT2D eigenvalue weighted by molar-refractivity contribution is 7.85. The van der Waals surface area contributed by atoms with Crippen molar-refractivity contribution in [1.29, 1.82) is 5.26 Å². The van der Waals surface area contributed by atoms with E-state index in [1.807, 2.05) is 0 Å². The zero-order valence-electron chi connectivity index (χ0n) is 14.1. The molecule has 0 radical (unpaired) electrons. The summed E-state index contributed by atoms with van der Waals surface area (Å²) in [5.74, 6) is -0.546. The normalized spacial score (nSPS) is 11.5. The van der Waals surface area contributed by atoms with Crippen molar-refractivity contribution in [1.82, 2.24) is 5.32 Å². The van der Waals surface area contributed by atoms with E-state index in [9.17, 15) is 18.3 Å². The number of hydrogen-bond acceptors (Lipinski definition) is 6. The third kappa shape index (κ3) is 6.14. The van der Waals surface area contributed by atoms with Crippen LogP contribution in [0.3, 0.4) is 0 Å². The molecule has 0 heterocycles. The van der Waals surface area contributed by atoms with Crippen LogP contribution in [0.4, 0.5) is 5.69 Å². The van der Waals surface area contributed by atoms with Crippen LogP contribution in [0.5, 0.6) is 5.75 Å². The van der Waals surface area contributed by atoms with Crippen molar-refractivity contribution in [2.24, 2.45) is 0 Å². The van der Waals surface area contributed by atoms with E-state index in [0.29, 0.717) is 13.0 Å². The van der Waals surface area contributed by atoms with Crippen LogP contribution in [-0.4, -0.2) is 30.5 Å². The van der Waals surface area contributed by atoms with Gasteiger partial charge in [-0.1, -0.05) is 18.2 Å². The molecule has 0 aliphatic carbocycles. The van der Waals surface area contributed by atoms with Gasteiger partial charge in [0, 0.05) is 18.4 Å². The Hall–Kier alpha value is -3.35. The number of benzene rings is 2. The van der Waals surface area contributed by atoms with Gasteiger partial charge in [0.1, 0.15) is 17.4 Å². The molecule has 0 fully saturated rings. The molecule has 4 N–H and O–H groups in total.